The van der Waals surface area contributed by atoms with Gasteiger partial charge in [0.25, 0.3) is 0 Å². The molecule has 1 aliphatic rings. The first-order chi connectivity index (χ1) is 8.54. The molecule has 18 heavy (non-hydrogen) atoms. The van der Waals surface area contributed by atoms with Crippen molar-refractivity contribution in [2.45, 2.75) is 25.8 Å². The molecule has 1 saturated carbocycles. The number of hydrogen-bond donors (Lipinski definition) is 3. The smallest absolute Gasteiger partial charge is 0.239 e. The number of carbonyl (C=O) groups excluding carboxylic acids is 1. The zero-order valence-corrected chi connectivity index (χ0v) is 11.0. The van der Waals surface area contributed by atoms with Crippen LogP contribution in [0.25, 0.3) is 0 Å². The number of aryl methyl sites for hydroxylation is 1. The topological polar surface area (TPSA) is 80.0 Å². The van der Waals surface area contributed by atoms with Crippen LogP contribution in [-0.2, 0) is 4.79 Å². The van der Waals surface area contributed by atoms with E-state index in [1.807, 2.05) is 13.0 Å². The van der Waals surface area contributed by atoms with Gasteiger partial charge in [0.15, 0.2) is 0 Å². The number of aromatic nitrogens is 1. The molecule has 2 rings (SSSR count). The summed E-state index contributed by atoms with van der Waals surface area (Å²) in [4.78, 5) is 16.1. The molecule has 4 N–H and O–H groups in total. The molecule has 0 aliphatic heterocycles. The lowest BCUT2D eigenvalue weighted by molar-refractivity contribution is -0.119. The molecule has 0 bridgehead atoms. The van der Waals surface area contributed by atoms with Gasteiger partial charge in [-0.3, -0.25) is 4.79 Å². The molecule has 1 aromatic heterocycles. The SMILES string of the molecule is Cc1cc(C(N)=S)cc(NCC(=O)NC2CC2)n1. The molecule has 6 heteroatoms. The van der Waals surface area contributed by atoms with E-state index >= 15 is 0 Å². The van der Waals surface area contributed by atoms with Crippen LogP contribution in [0.5, 0.6) is 0 Å². The van der Waals surface area contributed by atoms with Crippen molar-refractivity contribution in [1.29, 1.82) is 0 Å². The fourth-order valence-corrected chi connectivity index (χ4v) is 1.70. The molecule has 0 unspecified atom stereocenters. The maximum Gasteiger partial charge on any atom is 0.239 e. The average Bonchev–Trinajstić information content (AvgIpc) is 3.09. The van der Waals surface area contributed by atoms with Gasteiger partial charge in [-0.2, -0.15) is 0 Å². The Morgan fingerprint density at radius 1 is 1.56 bits per heavy atom. The van der Waals surface area contributed by atoms with Crippen LogP contribution in [0.2, 0.25) is 0 Å². The standard InChI is InChI=1S/C12H16N4OS/c1-7-4-8(12(13)18)5-10(15-7)14-6-11(17)16-9-2-3-9/h4-5,9H,2-3,6H2,1H3,(H2,13,18)(H,14,15)(H,16,17). The lowest BCUT2D eigenvalue weighted by Gasteiger charge is -2.08. The number of nitrogens with one attached hydrogen (secondary N) is 2. The normalized spacial score (nSPS) is 14.1. The lowest BCUT2D eigenvalue weighted by Crippen LogP contribution is -2.31. The lowest BCUT2D eigenvalue weighted by atomic mass is 10.2. The van der Waals surface area contributed by atoms with Crippen LogP contribution < -0.4 is 16.4 Å². The highest BCUT2D eigenvalue weighted by Gasteiger charge is 2.22. The third-order valence-corrected chi connectivity index (χ3v) is 2.85. The van der Waals surface area contributed by atoms with Crippen molar-refractivity contribution < 1.29 is 4.79 Å². The maximum absolute atomic E-state index is 11.5. The number of thiocarbonyl (C=S) groups is 1. The van der Waals surface area contributed by atoms with Crippen molar-refractivity contribution >= 4 is 28.9 Å². The van der Waals surface area contributed by atoms with Crippen LogP contribution in [0, 0.1) is 6.92 Å². The van der Waals surface area contributed by atoms with E-state index in [2.05, 4.69) is 15.6 Å². The Bertz CT molecular complexity index is 485. The second-order valence-corrected chi connectivity index (χ2v) is 4.88. The summed E-state index contributed by atoms with van der Waals surface area (Å²) in [6.07, 6.45) is 2.17. The van der Waals surface area contributed by atoms with E-state index in [1.165, 1.54) is 0 Å². The number of anilines is 1. The number of carbonyl (C=O) groups is 1. The van der Waals surface area contributed by atoms with Gasteiger partial charge in [0.1, 0.15) is 10.8 Å². The zero-order chi connectivity index (χ0) is 13.1. The maximum atomic E-state index is 11.5. The summed E-state index contributed by atoms with van der Waals surface area (Å²) >= 11 is 4.93. The molecule has 0 aromatic carbocycles. The highest BCUT2D eigenvalue weighted by atomic mass is 32.1. The first-order valence-corrected chi connectivity index (χ1v) is 6.27. The highest BCUT2D eigenvalue weighted by Crippen LogP contribution is 2.18. The highest BCUT2D eigenvalue weighted by molar-refractivity contribution is 7.80. The average molecular weight is 264 g/mol. The number of nitrogens with zero attached hydrogens (tertiary/aromatic N) is 1. The molecule has 0 atom stereocenters. The van der Waals surface area contributed by atoms with Gasteiger partial charge in [0.2, 0.25) is 5.91 Å². The van der Waals surface area contributed by atoms with Gasteiger partial charge in [0.05, 0.1) is 6.54 Å². The number of hydrogen-bond acceptors (Lipinski definition) is 4. The number of nitrogens with two attached hydrogens (primary N) is 1. The summed E-state index contributed by atoms with van der Waals surface area (Å²) in [5.74, 6) is 0.599. The largest absolute Gasteiger partial charge is 0.389 e. The van der Waals surface area contributed by atoms with Gasteiger partial charge < -0.3 is 16.4 Å². The quantitative estimate of drug-likeness (QED) is 0.683. The van der Waals surface area contributed by atoms with E-state index in [1.54, 1.807) is 6.07 Å². The summed E-state index contributed by atoms with van der Waals surface area (Å²) in [6, 6.07) is 3.94. The van der Waals surface area contributed by atoms with Crippen LogP contribution in [0.1, 0.15) is 24.1 Å². The minimum absolute atomic E-state index is 0.0160. The van der Waals surface area contributed by atoms with E-state index in [-0.39, 0.29) is 12.5 Å². The molecule has 5 nitrogen and oxygen atoms in total. The Morgan fingerprint density at radius 3 is 2.89 bits per heavy atom. The van der Waals surface area contributed by atoms with Crippen molar-refractivity contribution in [2.75, 3.05) is 11.9 Å². The predicted octanol–water partition coefficient (Wildman–Crippen LogP) is 0.715. The van der Waals surface area contributed by atoms with Crippen LogP contribution in [0.4, 0.5) is 5.82 Å². The van der Waals surface area contributed by atoms with Crippen molar-refractivity contribution in [1.82, 2.24) is 10.3 Å². The Morgan fingerprint density at radius 2 is 2.28 bits per heavy atom. The first kappa shape index (κ1) is 12.8. The van der Waals surface area contributed by atoms with Crippen molar-refractivity contribution in [2.24, 2.45) is 5.73 Å². The molecular weight excluding hydrogens is 248 g/mol. The minimum atomic E-state index is -0.0160. The van der Waals surface area contributed by atoms with E-state index in [0.29, 0.717) is 16.8 Å². The third kappa shape index (κ3) is 3.66. The molecule has 96 valence electrons. The van der Waals surface area contributed by atoms with Gasteiger partial charge in [-0.1, -0.05) is 12.2 Å². The van der Waals surface area contributed by atoms with Gasteiger partial charge in [-0.15, -0.1) is 0 Å². The summed E-state index contributed by atoms with van der Waals surface area (Å²) in [7, 11) is 0. The summed E-state index contributed by atoms with van der Waals surface area (Å²) < 4.78 is 0. The molecule has 0 saturated heterocycles. The van der Waals surface area contributed by atoms with E-state index in [9.17, 15) is 4.79 Å². The van der Waals surface area contributed by atoms with Gasteiger partial charge in [0, 0.05) is 17.3 Å². The van der Waals surface area contributed by atoms with Gasteiger partial charge >= 0.3 is 0 Å². The van der Waals surface area contributed by atoms with E-state index < -0.39 is 0 Å². The fourth-order valence-electron chi connectivity index (χ4n) is 1.58. The Labute approximate surface area is 111 Å². The van der Waals surface area contributed by atoms with Crippen molar-refractivity contribution in [3.8, 4) is 0 Å². The predicted molar refractivity (Wildman–Crippen MR) is 74.5 cm³/mol. The summed E-state index contributed by atoms with van der Waals surface area (Å²) in [5.41, 5.74) is 7.14. The zero-order valence-electron chi connectivity index (χ0n) is 10.2. The second kappa shape index (κ2) is 5.30. The molecule has 1 aliphatic carbocycles. The van der Waals surface area contributed by atoms with Crippen LogP contribution in [0.15, 0.2) is 12.1 Å². The van der Waals surface area contributed by atoms with Crippen LogP contribution >= 0.6 is 12.2 Å². The first-order valence-electron chi connectivity index (χ1n) is 5.86. The molecule has 1 fully saturated rings. The number of amides is 1. The molecule has 0 radical (unpaired) electrons. The summed E-state index contributed by atoms with van der Waals surface area (Å²) in [6.45, 7) is 2.07. The molecule has 1 amide bonds. The van der Waals surface area contributed by atoms with Gasteiger partial charge in [-0.05, 0) is 31.9 Å². The molecule has 1 heterocycles. The Hall–Kier alpha value is -1.69. The van der Waals surface area contributed by atoms with Crippen molar-refractivity contribution in [3.05, 3.63) is 23.4 Å². The van der Waals surface area contributed by atoms with E-state index in [0.717, 1.165) is 24.1 Å². The van der Waals surface area contributed by atoms with Crippen molar-refractivity contribution in [3.63, 3.8) is 0 Å². The van der Waals surface area contributed by atoms with Crippen LogP contribution in [0.3, 0.4) is 0 Å². The Balaban J connectivity index is 1.95. The monoisotopic (exact) mass is 264 g/mol. The summed E-state index contributed by atoms with van der Waals surface area (Å²) in [5, 5.41) is 5.87. The third-order valence-electron chi connectivity index (χ3n) is 2.61. The number of rotatable bonds is 5. The second-order valence-electron chi connectivity index (χ2n) is 4.44. The molecule has 0 spiro atoms. The van der Waals surface area contributed by atoms with Gasteiger partial charge in [-0.25, -0.2) is 4.98 Å². The van der Waals surface area contributed by atoms with Crippen LogP contribution in [-0.4, -0.2) is 28.5 Å². The number of pyridine rings is 1. The molecule has 1 aromatic rings. The fraction of sp³-hybridized carbons (Fsp3) is 0.417. The Kier molecular flexibility index (Phi) is 3.76. The molecular formula is C12H16N4OS. The van der Waals surface area contributed by atoms with E-state index in [4.69, 9.17) is 18.0 Å². The minimum Gasteiger partial charge on any atom is -0.389 e.